The first-order valence-corrected chi connectivity index (χ1v) is 8.24. The molecule has 1 heterocycles. The Morgan fingerprint density at radius 3 is 2.36 bits per heavy atom. The van der Waals surface area contributed by atoms with Crippen LogP contribution in [-0.2, 0) is 9.53 Å². The molecule has 0 saturated heterocycles. The van der Waals surface area contributed by atoms with Crippen LogP contribution in [0.15, 0.2) is 48.5 Å². The normalized spacial score (nSPS) is 22.2. The second-order valence-electron chi connectivity index (χ2n) is 6.36. The molecule has 2 aromatic carbocycles. The maximum absolute atomic E-state index is 13.1. The second-order valence-corrected chi connectivity index (χ2v) is 6.36. The fourth-order valence-corrected chi connectivity index (χ4v) is 3.20. The summed E-state index contributed by atoms with van der Waals surface area (Å²) >= 11 is 0. The maximum Gasteiger partial charge on any atom is 0.303 e. The molecule has 0 saturated carbocycles. The summed E-state index contributed by atoms with van der Waals surface area (Å²) in [6.07, 6.45) is -1.79. The molecule has 3 atom stereocenters. The van der Waals surface area contributed by atoms with Gasteiger partial charge < -0.3 is 14.7 Å². The summed E-state index contributed by atoms with van der Waals surface area (Å²) in [5.74, 6) is -0.662. The number of amides is 1. The van der Waals surface area contributed by atoms with Gasteiger partial charge in [0.1, 0.15) is 6.10 Å². The van der Waals surface area contributed by atoms with Crippen LogP contribution in [0.1, 0.15) is 41.4 Å². The molecule has 0 aromatic heterocycles. The van der Waals surface area contributed by atoms with Gasteiger partial charge in [0, 0.05) is 18.1 Å². The number of carbonyl (C=O) groups is 2. The minimum Gasteiger partial charge on any atom is -0.455 e. The van der Waals surface area contributed by atoms with Crippen LogP contribution in [0, 0.1) is 6.92 Å². The SMILES string of the molecule is CC(=O)O[C@H]1c2ccccc2N(C(=O)c2ccc(C)cc2)[C@H](C)[C@H]1O. The minimum absolute atomic E-state index is 0.194. The molecule has 25 heavy (non-hydrogen) atoms. The van der Waals surface area contributed by atoms with Crippen molar-refractivity contribution in [3.63, 3.8) is 0 Å². The first-order valence-electron chi connectivity index (χ1n) is 8.24. The molecule has 5 heteroatoms. The van der Waals surface area contributed by atoms with Crippen molar-refractivity contribution in [3.05, 3.63) is 65.2 Å². The van der Waals surface area contributed by atoms with Crippen LogP contribution < -0.4 is 4.90 Å². The van der Waals surface area contributed by atoms with Gasteiger partial charge in [-0.05, 0) is 32.0 Å². The van der Waals surface area contributed by atoms with E-state index in [2.05, 4.69) is 0 Å². The number of hydrogen-bond acceptors (Lipinski definition) is 4. The van der Waals surface area contributed by atoms with Crippen molar-refractivity contribution in [2.75, 3.05) is 4.90 Å². The molecule has 3 rings (SSSR count). The molecule has 2 aromatic rings. The number of fused-ring (bicyclic) bond motifs is 1. The lowest BCUT2D eigenvalue weighted by atomic mass is 9.90. The number of rotatable bonds is 2. The molecule has 130 valence electrons. The number of anilines is 1. The van der Waals surface area contributed by atoms with Crippen LogP contribution in [0.2, 0.25) is 0 Å². The molecule has 0 aliphatic carbocycles. The number of aryl methyl sites for hydroxylation is 1. The number of hydrogen-bond donors (Lipinski definition) is 1. The predicted octanol–water partition coefficient (Wildman–Crippen LogP) is 3.01. The molecule has 5 nitrogen and oxygen atoms in total. The first-order chi connectivity index (χ1) is 11.9. The van der Waals surface area contributed by atoms with Crippen molar-refractivity contribution in [1.29, 1.82) is 0 Å². The summed E-state index contributed by atoms with van der Waals surface area (Å²) in [5, 5.41) is 10.7. The number of benzene rings is 2. The fourth-order valence-electron chi connectivity index (χ4n) is 3.20. The quantitative estimate of drug-likeness (QED) is 0.854. The largest absolute Gasteiger partial charge is 0.455 e. The smallest absolute Gasteiger partial charge is 0.303 e. The van der Waals surface area contributed by atoms with E-state index in [0.717, 1.165) is 5.56 Å². The van der Waals surface area contributed by atoms with Crippen molar-refractivity contribution in [3.8, 4) is 0 Å². The highest BCUT2D eigenvalue weighted by atomic mass is 16.6. The van der Waals surface area contributed by atoms with Gasteiger partial charge in [0.15, 0.2) is 6.10 Å². The Balaban J connectivity index is 2.05. The van der Waals surface area contributed by atoms with Crippen LogP contribution in [-0.4, -0.2) is 29.1 Å². The van der Waals surface area contributed by atoms with Gasteiger partial charge in [0.2, 0.25) is 0 Å². The summed E-state index contributed by atoms with van der Waals surface area (Å²) in [5.41, 5.74) is 2.89. The van der Waals surface area contributed by atoms with Gasteiger partial charge in [-0.15, -0.1) is 0 Å². The lowest BCUT2D eigenvalue weighted by Gasteiger charge is -2.42. The topological polar surface area (TPSA) is 66.8 Å². The van der Waals surface area contributed by atoms with E-state index in [1.54, 1.807) is 42.2 Å². The van der Waals surface area contributed by atoms with E-state index >= 15 is 0 Å². The number of aliphatic hydroxyl groups excluding tert-OH is 1. The van der Waals surface area contributed by atoms with E-state index in [-0.39, 0.29) is 5.91 Å². The highest BCUT2D eigenvalue weighted by Gasteiger charge is 2.42. The Bertz CT molecular complexity index is 800. The number of esters is 1. The third-order valence-electron chi connectivity index (χ3n) is 4.52. The predicted molar refractivity (Wildman–Crippen MR) is 94.4 cm³/mol. The summed E-state index contributed by atoms with van der Waals surface area (Å²) in [6.45, 7) is 5.02. The van der Waals surface area contributed by atoms with Crippen molar-refractivity contribution in [1.82, 2.24) is 0 Å². The summed E-state index contributed by atoms with van der Waals surface area (Å²) in [7, 11) is 0. The van der Waals surface area contributed by atoms with Crippen LogP contribution in [0.3, 0.4) is 0 Å². The van der Waals surface area contributed by atoms with E-state index < -0.39 is 24.2 Å². The zero-order valence-corrected chi connectivity index (χ0v) is 14.5. The van der Waals surface area contributed by atoms with Crippen molar-refractivity contribution >= 4 is 17.6 Å². The molecule has 0 fully saturated rings. The van der Waals surface area contributed by atoms with Gasteiger partial charge in [-0.3, -0.25) is 9.59 Å². The summed E-state index contributed by atoms with van der Waals surface area (Å²) < 4.78 is 5.32. The van der Waals surface area contributed by atoms with E-state index in [1.807, 2.05) is 25.1 Å². The van der Waals surface area contributed by atoms with Crippen LogP contribution in [0.4, 0.5) is 5.69 Å². The standard InChI is InChI=1S/C20H21NO4/c1-12-8-10-15(11-9-12)20(24)21-13(2)18(23)19(25-14(3)22)16-6-4-5-7-17(16)21/h4-11,13,18-19,23H,1-3H3/t13-,18-,19+/m1/s1. The molecule has 0 radical (unpaired) electrons. The van der Waals surface area contributed by atoms with Crippen LogP contribution in [0.5, 0.6) is 0 Å². The monoisotopic (exact) mass is 339 g/mol. The van der Waals surface area contributed by atoms with Gasteiger partial charge >= 0.3 is 5.97 Å². The molecular formula is C20H21NO4. The molecule has 1 aliphatic rings. The molecule has 0 spiro atoms. The Kier molecular flexibility index (Phi) is 4.59. The Hall–Kier alpha value is -2.66. The summed E-state index contributed by atoms with van der Waals surface area (Å²) in [6, 6.07) is 14.0. The van der Waals surface area contributed by atoms with Crippen molar-refractivity contribution in [2.45, 2.75) is 39.0 Å². The first kappa shape index (κ1) is 17.2. The zero-order valence-electron chi connectivity index (χ0n) is 14.5. The van der Waals surface area contributed by atoms with Crippen molar-refractivity contribution < 1.29 is 19.4 Å². The van der Waals surface area contributed by atoms with Crippen LogP contribution >= 0.6 is 0 Å². The number of aliphatic hydroxyl groups is 1. The van der Waals surface area contributed by atoms with Gasteiger partial charge in [-0.2, -0.15) is 0 Å². The highest BCUT2D eigenvalue weighted by Crippen LogP contribution is 2.40. The van der Waals surface area contributed by atoms with E-state index in [0.29, 0.717) is 16.8 Å². The second kappa shape index (κ2) is 6.69. The Morgan fingerprint density at radius 1 is 1.08 bits per heavy atom. The number of carbonyl (C=O) groups excluding carboxylic acids is 2. The molecule has 1 aliphatic heterocycles. The van der Waals surface area contributed by atoms with Gasteiger partial charge in [-0.1, -0.05) is 35.9 Å². The molecule has 1 amide bonds. The molecular weight excluding hydrogens is 318 g/mol. The van der Waals surface area contributed by atoms with Gasteiger partial charge in [-0.25, -0.2) is 0 Å². The third-order valence-corrected chi connectivity index (χ3v) is 4.52. The highest BCUT2D eigenvalue weighted by molar-refractivity contribution is 6.07. The molecule has 1 N–H and O–H groups in total. The van der Waals surface area contributed by atoms with E-state index in [9.17, 15) is 14.7 Å². The molecule has 0 unspecified atom stereocenters. The average Bonchev–Trinajstić information content (AvgIpc) is 2.59. The van der Waals surface area contributed by atoms with Gasteiger partial charge in [0.05, 0.1) is 11.7 Å². The fraction of sp³-hybridized carbons (Fsp3) is 0.300. The zero-order chi connectivity index (χ0) is 18.1. The lowest BCUT2D eigenvalue weighted by molar-refractivity contribution is -0.154. The average molecular weight is 339 g/mol. The minimum atomic E-state index is -1.01. The van der Waals surface area contributed by atoms with Crippen LogP contribution in [0.25, 0.3) is 0 Å². The third kappa shape index (κ3) is 3.15. The van der Waals surface area contributed by atoms with Gasteiger partial charge in [0.25, 0.3) is 5.91 Å². The number of nitrogens with zero attached hydrogens (tertiary/aromatic N) is 1. The van der Waals surface area contributed by atoms with E-state index in [4.69, 9.17) is 4.74 Å². The number of ether oxygens (including phenoxy) is 1. The summed E-state index contributed by atoms with van der Waals surface area (Å²) in [4.78, 5) is 26.1. The molecule has 0 bridgehead atoms. The number of para-hydroxylation sites is 1. The van der Waals surface area contributed by atoms with Crippen molar-refractivity contribution in [2.24, 2.45) is 0 Å². The maximum atomic E-state index is 13.1. The Labute approximate surface area is 146 Å². The Morgan fingerprint density at radius 2 is 1.72 bits per heavy atom. The lowest BCUT2D eigenvalue weighted by Crippen LogP contribution is -2.52. The van der Waals surface area contributed by atoms with E-state index in [1.165, 1.54) is 6.92 Å².